The average Bonchev–Trinajstić information content (AvgIpc) is 2.51. The second kappa shape index (κ2) is 9.69. The molecule has 6 nitrogen and oxygen atoms in total. The first-order chi connectivity index (χ1) is 11.5. The summed E-state index contributed by atoms with van der Waals surface area (Å²) in [6, 6.07) is 9.20. The third kappa shape index (κ3) is 5.19. The first kappa shape index (κ1) is 24.8. The highest BCUT2D eigenvalue weighted by molar-refractivity contribution is 7.92. The molecule has 0 aliphatic rings. The van der Waals surface area contributed by atoms with Crippen LogP contribution in [0.5, 0.6) is 0 Å². The highest BCUT2D eigenvalue weighted by Crippen LogP contribution is 2.33. The number of hydrogen-bond acceptors (Lipinski definition) is 5. The fraction of sp³-hybridized carbons (Fsp3) is 0.611. The molecule has 0 saturated carbocycles. The summed E-state index contributed by atoms with van der Waals surface area (Å²) in [4.78, 5) is 10.8. The van der Waals surface area contributed by atoms with E-state index in [0.29, 0.717) is 13.0 Å². The number of benzene rings is 1. The molecule has 5 N–H and O–H groups in total. The van der Waals surface area contributed by atoms with E-state index < -0.39 is 26.2 Å². The second-order valence-electron chi connectivity index (χ2n) is 7.12. The Kier molecular flexibility index (Phi) is 9.26. The minimum absolute atomic E-state index is 0. The lowest BCUT2D eigenvalue weighted by Crippen LogP contribution is -2.77. The van der Waals surface area contributed by atoms with Gasteiger partial charge < -0.3 is 16.8 Å². The van der Waals surface area contributed by atoms with E-state index in [1.807, 2.05) is 51.1 Å². The van der Waals surface area contributed by atoms with Gasteiger partial charge in [0.05, 0.1) is 0 Å². The minimum Gasteiger partial charge on any atom is -0.368 e. The molecule has 1 aromatic rings. The van der Waals surface area contributed by atoms with Crippen LogP contribution in [0.3, 0.4) is 0 Å². The molecule has 1 unspecified atom stereocenters. The summed E-state index contributed by atoms with van der Waals surface area (Å²) in [6.07, 6.45) is 1.82. The van der Waals surface area contributed by atoms with Crippen LogP contribution >= 0.6 is 12.4 Å². The molecule has 2 atom stereocenters. The lowest BCUT2D eigenvalue weighted by molar-refractivity contribution is -0.126. The van der Waals surface area contributed by atoms with Gasteiger partial charge in [0.25, 0.3) is 0 Å². The van der Waals surface area contributed by atoms with Crippen molar-refractivity contribution in [2.24, 2.45) is 17.4 Å². The molecule has 0 heterocycles. The Balaban J connectivity index is 0.00000625. The Morgan fingerprint density at radius 1 is 1.23 bits per heavy atom. The predicted octanol–water partition coefficient (Wildman–Crippen LogP) is 1.62. The van der Waals surface area contributed by atoms with E-state index in [2.05, 4.69) is 5.32 Å². The number of hydrogen-bond donors (Lipinski definition) is 3. The van der Waals surface area contributed by atoms with Crippen LogP contribution in [0.4, 0.5) is 0 Å². The van der Waals surface area contributed by atoms with Gasteiger partial charge in [-0.2, -0.15) is 0 Å². The standard InChI is InChI=1S/C18H31N3O3S.ClH/c1-5-11-18(20,25(4,23)24)17(16(19)22,21-13-14(2)3)12-15-9-7-6-8-10-15;/h6-10,14,21H,5,11-13,20H2,1-4H3,(H2,19,22);1H/t17-,18?;/m0./s1. The summed E-state index contributed by atoms with van der Waals surface area (Å²) in [5.41, 5.74) is 11.4. The lowest BCUT2D eigenvalue weighted by atomic mass is 9.80. The summed E-state index contributed by atoms with van der Waals surface area (Å²) < 4.78 is 25.3. The molecule has 26 heavy (non-hydrogen) atoms. The predicted molar refractivity (Wildman–Crippen MR) is 109 cm³/mol. The maximum absolute atomic E-state index is 12.7. The Hall–Kier alpha value is -1.15. The molecule has 150 valence electrons. The first-order valence-corrected chi connectivity index (χ1v) is 10.5. The smallest absolute Gasteiger partial charge is 0.241 e. The van der Waals surface area contributed by atoms with Crippen LogP contribution in [0.25, 0.3) is 0 Å². The average molecular weight is 406 g/mol. The second-order valence-corrected chi connectivity index (χ2v) is 9.39. The van der Waals surface area contributed by atoms with Crippen molar-refractivity contribution in [3.8, 4) is 0 Å². The molecule has 0 spiro atoms. The fourth-order valence-corrected chi connectivity index (χ4v) is 4.56. The number of nitrogens with two attached hydrogens (primary N) is 2. The van der Waals surface area contributed by atoms with Crippen molar-refractivity contribution in [3.05, 3.63) is 35.9 Å². The topological polar surface area (TPSA) is 115 Å². The van der Waals surface area contributed by atoms with Gasteiger partial charge in [-0.1, -0.05) is 57.5 Å². The molecule has 8 heteroatoms. The van der Waals surface area contributed by atoms with Crippen LogP contribution in [0, 0.1) is 5.92 Å². The third-order valence-electron chi connectivity index (χ3n) is 4.55. The molecule has 0 fully saturated rings. The van der Waals surface area contributed by atoms with Gasteiger partial charge in [0.1, 0.15) is 10.4 Å². The fourth-order valence-electron chi connectivity index (χ4n) is 3.11. The summed E-state index contributed by atoms with van der Waals surface area (Å²) in [5.74, 6) is -0.557. The van der Waals surface area contributed by atoms with Gasteiger partial charge in [-0.3, -0.25) is 4.79 Å². The zero-order valence-corrected chi connectivity index (χ0v) is 17.6. The quantitative estimate of drug-likeness (QED) is 0.547. The van der Waals surface area contributed by atoms with E-state index in [4.69, 9.17) is 11.5 Å². The first-order valence-electron chi connectivity index (χ1n) is 8.57. The van der Waals surface area contributed by atoms with E-state index in [-0.39, 0.29) is 31.2 Å². The van der Waals surface area contributed by atoms with Crippen LogP contribution in [0.1, 0.15) is 39.2 Å². The van der Waals surface area contributed by atoms with E-state index >= 15 is 0 Å². The SMILES string of the molecule is CCCC(N)([C@@](Cc1ccccc1)(NCC(C)C)C(N)=O)S(C)(=O)=O.Cl. The zero-order chi connectivity index (χ0) is 19.3. The number of sulfone groups is 1. The van der Waals surface area contributed by atoms with Gasteiger partial charge in [-0.05, 0) is 24.4 Å². The number of carbonyl (C=O) groups excluding carboxylic acids is 1. The summed E-state index contributed by atoms with van der Waals surface area (Å²) in [6.45, 7) is 6.21. The minimum atomic E-state index is -3.78. The van der Waals surface area contributed by atoms with Gasteiger partial charge in [0.2, 0.25) is 5.91 Å². The van der Waals surface area contributed by atoms with E-state index in [1.54, 1.807) is 0 Å². The van der Waals surface area contributed by atoms with Crippen molar-refractivity contribution in [2.45, 2.75) is 50.4 Å². The number of amides is 1. The Morgan fingerprint density at radius 3 is 2.15 bits per heavy atom. The van der Waals surface area contributed by atoms with Crippen molar-refractivity contribution in [2.75, 3.05) is 12.8 Å². The van der Waals surface area contributed by atoms with Gasteiger partial charge in [-0.25, -0.2) is 8.42 Å². The van der Waals surface area contributed by atoms with Crippen LogP contribution in [0.15, 0.2) is 30.3 Å². The molecule has 0 aliphatic carbocycles. The lowest BCUT2D eigenvalue weighted by Gasteiger charge is -2.46. The van der Waals surface area contributed by atoms with Gasteiger partial charge >= 0.3 is 0 Å². The number of halogens is 1. The number of rotatable bonds is 10. The molecule has 0 radical (unpaired) electrons. The molecular weight excluding hydrogens is 374 g/mol. The van der Waals surface area contributed by atoms with E-state index in [9.17, 15) is 13.2 Å². The van der Waals surface area contributed by atoms with Crippen molar-refractivity contribution in [1.82, 2.24) is 5.32 Å². The molecule has 0 saturated heterocycles. The van der Waals surface area contributed by atoms with Crippen LogP contribution in [-0.4, -0.2) is 37.5 Å². The van der Waals surface area contributed by atoms with Crippen molar-refractivity contribution < 1.29 is 13.2 Å². The van der Waals surface area contributed by atoms with Gasteiger partial charge in [-0.15, -0.1) is 12.4 Å². The largest absolute Gasteiger partial charge is 0.368 e. The maximum atomic E-state index is 12.7. The maximum Gasteiger partial charge on any atom is 0.241 e. The molecule has 0 aromatic heterocycles. The van der Waals surface area contributed by atoms with Gasteiger partial charge in [0.15, 0.2) is 9.84 Å². The Bertz CT molecular complexity index is 682. The number of carbonyl (C=O) groups is 1. The van der Waals surface area contributed by atoms with Gasteiger partial charge in [0, 0.05) is 12.7 Å². The molecule has 1 amide bonds. The highest BCUT2D eigenvalue weighted by Gasteiger charge is 2.58. The van der Waals surface area contributed by atoms with Crippen molar-refractivity contribution in [3.63, 3.8) is 0 Å². The normalized spacial score (nSPS) is 16.4. The van der Waals surface area contributed by atoms with Crippen molar-refractivity contribution >= 4 is 28.2 Å². The van der Waals surface area contributed by atoms with E-state index in [1.165, 1.54) is 0 Å². The Labute approximate surface area is 163 Å². The van der Waals surface area contributed by atoms with Crippen LogP contribution in [-0.2, 0) is 21.1 Å². The molecular formula is C18H32ClN3O3S. The monoisotopic (exact) mass is 405 g/mol. The van der Waals surface area contributed by atoms with Crippen molar-refractivity contribution in [1.29, 1.82) is 0 Å². The Morgan fingerprint density at radius 2 is 1.77 bits per heavy atom. The molecule has 1 rings (SSSR count). The number of nitrogens with one attached hydrogen (secondary N) is 1. The number of primary amides is 1. The summed E-state index contributed by atoms with van der Waals surface area (Å²) >= 11 is 0. The molecule has 0 bridgehead atoms. The molecule has 1 aromatic carbocycles. The van der Waals surface area contributed by atoms with Crippen LogP contribution in [0.2, 0.25) is 0 Å². The molecule has 0 aliphatic heterocycles. The third-order valence-corrected chi connectivity index (χ3v) is 6.43. The summed E-state index contributed by atoms with van der Waals surface area (Å²) in [5, 5.41) is 3.13. The summed E-state index contributed by atoms with van der Waals surface area (Å²) in [7, 11) is -3.78. The van der Waals surface area contributed by atoms with Crippen LogP contribution < -0.4 is 16.8 Å². The zero-order valence-electron chi connectivity index (χ0n) is 16.0. The van der Waals surface area contributed by atoms with E-state index in [0.717, 1.165) is 11.8 Å². The highest BCUT2D eigenvalue weighted by atomic mass is 35.5.